The second-order valence-electron chi connectivity index (χ2n) is 4.81. The van der Waals surface area contributed by atoms with Crippen molar-refractivity contribution < 1.29 is 9.84 Å². The molecular weight excluding hydrogens is 236 g/mol. The van der Waals surface area contributed by atoms with Crippen molar-refractivity contribution in [3.05, 3.63) is 71.8 Å². The van der Waals surface area contributed by atoms with Gasteiger partial charge in [0.1, 0.15) is 6.10 Å². The van der Waals surface area contributed by atoms with E-state index in [1.807, 2.05) is 67.6 Å². The first-order valence-electron chi connectivity index (χ1n) is 6.60. The first kappa shape index (κ1) is 13.8. The van der Waals surface area contributed by atoms with Gasteiger partial charge >= 0.3 is 0 Å². The highest BCUT2D eigenvalue weighted by Crippen LogP contribution is 2.22. The maximum atomic E-state index is 12.2. The molecule has 0 aliphatic rings. The maximum absolute atomic E-state index is 12.2. The Hall–Kier alpha value is -1.64. The van der Waals surface area contributed by atoms with Crippen molar-refractivity contribution in [1.29, 1.82) is 0 Å². The van der Waals surface area contributed by atoms with Crippen molar-refractivity contribution in [2.45, 2.75) is 19.6 Å². The Labute approximate surface area is 114 Å². The predicted octanol–water partition coefficient (Wildman–Crippen LogP) is 4.01. The fourth-order valence-electron chi connectivity index (χ4n) is 2.00. The fourth-order valence-corrected chi connectivity index (χ4v) is 2.00. The van der Waals surface area contributed by atoms with E-state index in [0.29, 0.717) is 13.2 Å². The minimum Gasteiger partial charge on any atom is -0.376 e. The van der Waals surface area contributed by atoms with E-state index in [1.165, 1.54) is 0 Å². The smallest absolute Gasteiger partial charge is 0.123 e. The van der Waals surface area contributed by atoms with Crippen molar-refractivity contribution in [2.24, 2.45) is 5.92 Å². The molecule has 2 unspecified atom stereocenters. The average molecular weight is 255 g/mol. The van der Waals surface area contributed by atoms with Gasteiger partial charge in [-0.25, -0.2) is 5.11 Å². The van der Waals surface area contributed by atoms with E-state index in [1.54, 1.807) is 0 Å². The summed E-state index contributed by atoms with van der Waals surface area (Å²) in [7, 11) is 0. The Morgan fingerprint density at radius 1 is 0.947 bits per heavy atom. The van der Waals surface area contributed by atoms with Gasteiger partial charge in [0, 0.05) is 5.92 Å². The molecule has 0 heterocycles. The van der Waals surface area contributed by atoms with Crippen LogP contribution in [0.15, 0.2) is 60.7 Å². The molecule has 2 heteroatoms. The van der Waals surface area contributed by atoms with Gasteiger partial charge in [-0.1, -0.05) is 67.6 Å². The maximum Gasteiger partial charge on any atom is 0.123 e. The molecule has 1 radical (unpaired) electrons. The Kier molecular flexibility index (Phi) is 5.13. The normalized spacial score (nSPS) is 14.0. The fraction of sp³-hybridized carbons (Fsp3) is 0.294. The van der Waals surface area contributed by atoms with Crippen LogP contribution in [-0.2, 0) is 16.5 Å². The molecule has 0 spiro atoms. The highest BCUT2D eigenvalue weighted by molar-refractivity contribution is 5.17. The van der Waals surface area contributed by atoms with E-state index < -0.39 is 6.10 Å². The van der Waals surface area contributed by atoms with E-state index in [2.05, 4.69) is 0 Å². The van der Waals surface area contributed by atoms with Crippen LogP contribution in [-0.4, -0.2) is 6.61 Å². The molecule has 0 aromatic heterocycles. The van der Waals surface area contributed by atoms with E-state index >= 15 is 0 Å². The van der Waals surface area contributed by atoms with Crippen molar-refractivity contribution >= 4 is 0 Å². The number of benzene rings is 2. The first-order valence-corrected chi connectivity index (χ1v) is 6.60. The molecule has 99 valence electrons. The van der Waals surface area contributed by atoms with Gasteiger partial charge in [0.25, 0.3) is 0 Å². The summed E-state index contributed by atoms with van der Waals surface area (Å²) in [5, 5.41) is 12.2. The molecule has 2 rings (SSSR count). The van der Waals surface area contributed by atoms with Crippen LogP contribution in [0.5, 0.6) is 0 Å². The third-order valence-corrected chi connectivity index (χ3v) is 3.14. The van der Waals surface area contributed by atoms with Crippen LogP contribution >= 0.6 is 0 Å². The molecule has 2 atom stereocenters. The lowest BCUT2D eigenvalue weighted by molar-refractivity contribution is -0.00876. The molecule has 2 nitrogen and oxygen atoms in total. The highest BCUT2D eigenvalue weighted by atomic mass is 16.5. The van der Waals surface area contributed by atoms with Crippen LogP contribution in [0.25, 0.3) is 0 Å². The minimum absolute atomic E-state index is 0.0360. The first-order chi connectivity index (χ1) is 9.27. The SMILES string of the molecule is CC(COCc1ccccc1)C([O])c1ccccc1. The summed E-state index contributed by atoms with van der Waals surface area (Å²) in [5.41, 5.74) is 1.97. The summed E-state index contributed by atoms with van der Waals surface area (Å²) >= 11 is 0. The molecular formula is C17H19O2. The topological polar surface area (TPSA) is 29.1 Å². The van der Waals surface area contributed by atoms with Gasteiger partial charge < -0.3 is 4.74 Å². The summed E-state index contributed by atoms with van der Waals surface area (Å²) in [6.45, 7) is 2.99. The zero-order valence-corrected chi connectivity index (χ0v) is 11.2. The standard InChI is InChI=1S/C17H19O2/c1-14(17(18)16-10-6-3-7-11-16)12-19-13-15-8-4-2-5-9-15/h2-11,14,17H,12-13H2,1H3. The molecule has 2 aromatic rings. The van der Waals surface area contributed by atoms with E-state index in [-0.39, 0.29) is 5.92 Å². The third kappa shape index (κ3) is 4.19. The van der Waals surface area contributed by atoms with Gasteiger partial charge in [0.2, 0.25) is 0 Å². The zero-order valence-electron chi connectivity index (χ0n) is 11.2. The zero-order chi connectivity index (χ0) is 13.5. The molecule has 0 bridgehead atoms. The van der Waals surface area contributed by atoms with Crippen LogP contribution in [0, 0.1) is 5.92 Å². The third-order valence-electron chi connectivity index (χ3n) is 3.14. The molecule has 0 aliphatic carbocycles. The Morgan fingerprint density at radius 3 is 2.16 bits per heavy atom. The van der Waals surface area contributed by atoms with Crippen molar-refractivity contribution in [2.75, 3.05) is 6.61 Å². The minimum atomic E-state index is -0.725. The molecule has 0 saturated heterocycles. The van der Waals surface area contributed by atoms with Crippen LogP contribution < -0.4 is 0 Å². The van der Waals surface area contributed by atoms with Crippen LogP contribution in [0.3, 0.4) is 0 Å². The molecule has 0 saturated carbocycles. The molecule has 2 aromatic carbocycles. The number of rotatable bonds is 6. The quantitative estimate of drug-likeness (QED) is 0.766. The van der Waals surface area contributed by atoms with Crippen molar-refractivity contribution in [1.82, 2.24) is 0 Å². The Morgan fingerprint density at radius 2 is 1.53 bits per heavy atom. The largest absolute Gasteiger partial charge is 0.376 e. The van der Waals surface area contributed by atoms with E-state index in [9.17, 15) is 5.11 Å². The van der Waals surface area contributed by atoms with E-state index in [0.717, 1.165) is 11.1 Å². The van der Waals surface area contributed by atoms with Gasteiger partial charge in [-0.2, -0.15) is 0 Å². The predicted molar refractivity (Wildman–Crippen MR) is 75.1 cm³/mol. The van der Waals surface area contributed by atoms with Crippen molar-refractivity contribution in [3.63, 3.8) is 0 Å². The number of hydrogen-bond acceptors (Lipinski definition) is 1. The highest BCUT2D eigenvalue weighted by Gasteiger charge is 2.17. The second-order valence-corrected chi connectivity index (χ2v) is 4.81. The Balaban J connectivity index is 1.80. The molecule has 0 amide bonds. The van der Waals surface area contributed by atoms with Gasteiger partial charge in [-0.15, -0.1) is 0 Å². The van der Waals surface area contributed by atoms with Crippen LogP contribution in [0.1, 0.15) is 24.2 Å². The average Bonchev–Trinajstić information content (AvgIpc) is 2.48. The number of ether oxygens (including phenoxy) is 1. The second kappa shape index (κ2) is 7.07. The molecule has 0 fully saturated rings. The van der Waals surface area contributed by atoms with Gasteiger partial charge in [0.05, 0.1) is 13.2 Å². The van der Waals surface area contributed by atoms with Gasteiger partial charge in [0.15, 0.2) is 0 Å². The monoisotopic (exact) mass is 255 g/mol. The molecule has 19 heavy (non-hydrogen) atoms. The van der Waals surface area contributed by atoms with Gasteiger partial charge in [-0.05, 0) is 11.1 Å². The summed E-state index contributed by atoms with van der Waals surface area (Å²) in [6.07, 6.45) is -0.725. The summed E-state index contributed by atoms with van der Waals surface area (Å²) in [4.78, 5) is 0. The lowest BCUT2D eigenvalue weighted by Crippen LogP contribution is -2.14. The molecule has 0 N–H and O–H groups in total. The number of hydrogen-bond donors (Lipinski definition) is 0. The van der Waals surface area contributed by atoms with Crippen LogP contribution in [0.4, 0.5) is 0 Å². The summed E-state index contributed by atoms with van der Waals surface area (Å²) in [6, 6.07) is 19.5. The lowest BCUT2D eigenvalue weighted by Gasteiger charge is -2.17. The Bertz CT molecular complexity index is 467. The summed E-state index contributed by atoms with van der Waals surface area (Å²) in [5.74, 6) is -0.0360. The van der Waals surface area contributed by atoms with Gasteiger partial charge in [-0.3, -0.25) is 0 Å². The van der Waals surface area contributed by atoms with Crippen LogP contribution in [0.2, 0.25) is 0 Å². The van der Waals surface area contributed by atoms with Crippen molar-refractivity contribution in [3.8, 4) is 0 Å². The molecule has 0 aliphatic heterocycles. The lowest BCUT2D eigenvalue weighted by atomic mass is 9.98. The summed E-state index contributed by atoms with van der Waals surface area (Å²) < 4.78 is 5.62. The van der Waals surface area contributed by atoms with E-state index in [4.69, 9.17) is 4.74 Å².